The monoisotopic (exact) mass is 525 g/mol. The third kappa shape index (κ3) is 7.43. The molecular formula is C29H20FN3O6. The second kappa shape index (κ2) is 12.5. The lowest BCUT2D eigenvalue weighted by atomic mass is 10.2. The van der Waals surface area contributed by atoms with E-state index in [0.29, 0.717) is 5.56 Å². The molecule has 0 atom stereocenters. The normalized spacial score (nSPS) is 10.5. The standard InChI is InChI=1S/C29H20FN3O6/c30-22-12-14-23(15-13-22)32-26(34)27(35)33-31-18-21-11-16-24(38-28(36)19-7-3-1-4-8-19)17-25(21)39-29(37)20-9-5-2-6-10-20/h1-18H,(H,32,34)(H,33,35)/b31-18-. The molecule has 0 heterocycles. The van der Waals surface area contributed by atoms with Crippen LogP contribution in [0.5, 0.6) is 11.5 Å². The summed E-state index contributed by atoms with van der Waals surface area (Å²) in [5.74, 6) is -3.83. The summed E-state index contributed by atoms with van der Waals surface area (Å²) >= 11 is 0. The summed E-state index contributed by atoms with van der Waals surface area (Å²) in [5, 5.41) is 6.06. The Bertz CT molecular complexity index is 1520. The van der Waals surface area contributed by atoms with E-state index >= 15 is 0 Å². The highest BCUT2D eigenvalue weighted by atomic mass is 19.1. The van der Waals surface area contributed by atoms with Crippen molar-refractivity contribution in [1.82, 2.24) is 5.43 Å². The van der Waals surface area contributed by atoms with Crippen LogP contribution in [-0.2, 0) is 9.59 Å². The molecule has 0 aliphatic heterocycles. The van der Waals surface area contributed by atoms with Gasteiger partial charge in [0.05, 0.1) is 17.3 Å². The second-order valence-corrected chi connectivity index (χ2v) is 7.87. The molecule has 0 fully saturated rings. The number of nitrogens with one attached hydrogen (secondary N) is 2. The van der Waals surface area contributed by atoms with Crippen LogP contribution in [0, 0.1) is 5.82 Å². The number of anilines is 1. The van der Waals surface area contributed by atoms with Crippen molar-refractivity contribution in [2.24, 2.45) is 5.10 Å². The number of hydrogen-bond acceptors (Lipinski definition) is 7. The molecule has 2 amide bonds. The Morgan fingerprint density at radius 2 is 1.28 bits per heavy atom. The third-order valence-electron chi connectivity index (χ3n) is 5.10. The highest BCUT2D eigenvalue weighted by Crippen LogP contribution is 2.26. The first-order valence-corrected chi connectivity index (χ1v) is 11.5. The quantitative estimate of drug-likeness (QED) is 0.122. The maximum absolute atomic E-state index is 13.0. The second-order valence-electron chi connectivity index (χ2n) is 7.87. The van der Waals surface area contributed by atoms with Crippen LogP contribution in [0.4, 0.5) is 10.1 Å². The number of amides is 2. The summed E-state index contributed by atoms with van der Waals surface area (Å²) in [7, 11) is 0. The lowest BCUT2D eigenvalue weighted by Crippen LogP contribution is -2.32. The number of halogens is 1. The van der Waals surface area contributed by atoms with Gasteiger partial charge in [-0.05, 0) is 60.7 Å². The van der Waals surface area contributed by atoms with Crippen molar-refractivity contribution in [1.29, 1.82) is 0 Å². The molecular weight excluding hydrogens is 505 g/mol. The molecule has 2 N–H and O–H groups in total. The molecule has 4 rings (SSSR count). The summed E-state index contributed by atoms with van der Waals surface area (Å²) in [4.78, 5) is 49.3. The zero-order valence-electron chi connectivity index (χ0n) is 20.2. The van der Waals surface area contributed by atoms with Crippen molar-refractivity contribution >= 4 is 35.7 Å². The van der Waals surface area contributed by atoms with Crippen LogP contribution in [0.2, 0.25) is 0 Å². The van der Waals surface area contributed by atoms with Gasteiger partial charge in [-0.2, -0.15) is 5.10 Å². The minimum Gasteiger partial charge on any atom is -0.423 e. The molecule has 0 aliphatic carbocycles. The van der Waals surface area contributed by atoms with Crippen LogP contribution < -0.4 is 20.2 Å². The highest BCUT2D eigenvalue weighted by Gasteiger charge is 2.16. The fourth-order valence-corrected chi connectivity index (χ4v) is 3.18. The molecule has 9 nitrogen and oxygen atoms in total. The number of benzene rings is 4. The maximum atomic E-state index is 13.0. The topological polar surface area (TPSA) is 123 Å². The molecule has 4 aromatic rings. The molecule has 4 aromatic carbocycles. The average molecular weight is 525 g/mol. The van der Waals surface area contributed by atoms with Crippen LogP contribution in [0.25, 0.3) is 0 Å². The number of nitrogens with zero attached hydrogens (tertiary/aromatic N) is 1. The van der Waals surface area contributed by atoms with E-state index in [9.17, 15) is 23.6 Å². The van der Waals surface area contributed by atoms with Gasteiger partial charge in [0, 0.05) is 17.3 Å². The molecule has 0 saturated carbocycles. The van der Waals surface area contributed by atoms with Gasteiger partial charge >= 0.3 is 23.8 Å². The van der Waals surface area contributed by atoms with Crippen LogP contribution in [0.15, 0.2) is 108 Å². The molecule has 0 aliphatic rings. The van der Waals surface area contributed by atoms with E-state index in [2.05, 4.69) is 15.8 Å². The Balaban J connectivity index is 1.49. The van der Waals surface area contributed by atoms with E-state index in [-0.39, 0.29) is 28.3 Å². The molecule has 0 saturated heterocycles. The van der Waals surface area contributed by atoms with E-state index in [1.165, 1.54) is 30.3 Å². The molecule has 194 valence electrons. The molecule has 0 bridgehead atoms. The Kier molecular flexibility index (Phi) is 8.50. The summed E-state index contributed by atoms with van der Waals surface area (Å²) in [6, 6.07) is 25.6. The first-order chi connectivity index (χ1) is 18.9. The number of esters is 2. The van der Waals surface area contributed by atoms with Gasteiger partial charge in [-0.15, -0.1) is 0 Å². The van der Waals surface area contributed by atoms with Gasteiger partial charge in [0.1, 0.15) is 17.3 Å². The molecule has 0 radical (unpaired) electrons. The predicted molar refractivity (Wildman–Crippen MR) is 140 cm³/mol. The SMILES string of the molecule is O=C(N/N=C\c1ccc(OC(=O)c2ccccc2)cc1OC(=O)c1ccccc1)C(=O)Nc1ccc(F)cc1. The molecule has 10 heteroatoms. The minimum atomic E-state index is -1.09. The number of hydrazone groups is 1. The number of rotatable bonds is 7. The lowest BCUT2D eigenvalue weighted by Gasteiger charge is -2.10. The third-order valence-corrected chi connectivity index (χ3v) is 5.10. The van der Waals surface area contributed by atoms with Crippen LogP contribution in [-0.4, -0.2) is 30.0 Å². The summed E-state index contributed by atoms with van der Waals surface area (Å²) in [6.07, 6.45) is 1.15. The molecule has 0 aromatic heterocycles. The predicted octanol–water partition coefficient (Wildman–Crippen LogP) is 4.35. The first kappa shape index (κ1) is 26.4. The smallest absolute Gasteiger partial charge is 0.343 e. The lowest BCUT2D eigenvalue weighted by molar-refractivity contribution is -0.136. The van der Waals surface area contributed by atoms with Crippen LogP contribution in [0.3, 0.4) is 0 Å². The van der Waals surface area contributed by atoms with E-state index in [4.69, 9.17) is 9.47 Å². The van der Waals surface area contributed by atoms with E-state index < -0.39 is 29.6 Å². The van der Waals surface area contributed by atoms with Gasteiger partial charge in [0.25, 0.3) is 0 Å². The molecule has 0 unspecified atom stereocenters. The van der Waals surface area contributed by atoms with Crippen LogP contribution >= 0.6 is 0 Å². The Morgan fingerprint density at radius 1 is 0.692 bits per heavy atom. The van der Waals surface area contributed by atoms with Gasteiger partial charge in [-0.25, -0.2) is 19.4 Å². The fourth-order valence-electron chi connectivity index (χ4n) is 3.18. The van der Waals surface area contributed by atoms with Gasteiger partial charge < -0.3 is 14.8 Å². The van der Waals surface area contributed by atoms with E-state index in [1.54, 1.807) is 60.7 Å². The zero-order valence-corrected chi connectivity index (χ0v) is 20.2. The number of carbonyl (C=O) groups is 4. The van der Waals surface area contributed by atoms with Crippen molar-refractivity contribution in [3.63, 3.8) is 0 Å². The van der Waals surface area contributed by atoms with Gasteiger partial charge in [-0.1, -0.05) is 36.4 Å². The van der Waals surface area contributed by atoms with Crippen LogP contribution in [0.1, 0.15) is 26.3 Å². The largest absolute Gasteiger partial charge is 0.423 e. The van der Waals surface area contributed by atoms with Crippen molar-refractivity contribution in [2.75, 3.05) is 5.32 Å². The van der Waals surface area contributed by atoms with Crippen molar-refractivity contribution in [2.45, 2.75) is 0 Å². The van der Waals surface area contributed by atoms with Gasteiger partial charge in [0.2, 0.25) is 0 Å². The molecule has 0 spiro atoms. The highest BCUT2D eigenvalue weighted by molar-refractivity contribution is 6.39. The average Bonchev–Trinajstić information content (AvgIpc) is 2.96. The Labute approximate surface area is 221 Å². The van der Waals surface area contributed by atoms with E-state index in [0.717, 1.165) is 18.3 Å². The summed E-state index contributed by atoms with van der Waals surface area (Å²) in [5.41, 5.74) is 3.12. The van der Waals surface area contributed by atoms with Gasteiger partial charge in [0.15, 0.2) is 0 Å². The minimum absolute atomic E-state index is 0.0176. The maximum Gasteiger partial charge on any atom is 0.343 e. The van der Waals surface area contributed by atoms with E-state index in [1.807, 2.05) is 0 Å². The van der Waals surface area contributed by atoms with Gasteiger partial charge in [-0.3, -0.25) is 9.59 Å². The van der Waals surface area contributed by atoms with Crippen molar-refractivity contribution in [3.05, 3.63) is 126 Å². The first-order valence-electron chi connectivity index (χ1n) is 11.5. The number of ether oxygens (including phenoxy) is 2. The van der Waals surface area contributed by atoms with Crippen molar-refractivity contribution < 1.29 is 33.0 Å². The Hall–Kier alpha value is -5.64. The summed E-state index contributed by atoms with van der Waals surface area (Å²) in [6.45, 7) is 0. The summed E-state index contributed by atoms with van der Waals surface area (Å²) < 4.78 is 23.9. The zero-order chi connectivity index (χ0) is 27.6. The Morgan fingerprint density at radius 3 is 1.90 bits per heavy atom. The van der Waals surface area contributed by atoms with Crippen molar-refractivity contribution in [3.8, 4) is 11.5 Å². The fraction of sp³-hybridized carbons (Fsp3) is 0. The molecule has 39 heavy (non-hydrogen) atoms. The number of hydrogen-bond donors (Lipinski definition) is 2. The number of carbonyl (C=O) groups excluding carboxylic acids is 4.